The molecule has 2 aliphatic rings. The van der Waals surface area contributed by atoms with Crippen molar-refractivity contribution < 1.29 is 14.3 Å². The number of rotatable bonds is 6. The van der Waals surface area contributed by atoms with E-state index >= 15 is 0 Å². The molecule has 5 heteroatoms. The van der Waals surface area contributed by atoms with Gasteiger partial charge in [0.1, 0.15) is 6.10 Å². The van der Waals surface area contributed by atoms with E-state index < -0.39 is 0 Å². The first kappa shape index (κ1) is 18.4. The number of carbonyl (C=O) groups is 1. The summed E-state index contributed by atoms with van der Waals surface area (Å²) in [6, 6.07) is 10.2. The lowest BCUT2D eigenvalue weighted by atomic mass is 9.96. The van der Waals surface area contributed by atoms with Crippen LogP contribution in [0.15, 0.2) is 30.3 Å². The third-order valence-electron chi connectivity index (χ3n) is 5.17. The summed E-state index contributed by atoms with van der Waals surface area (Å²) in [6.45, 7) is 5.40. The SMILES string of the molecule is C[C@@H](NC(=O)C1CCNCC1)[C@@H](OC1CCOCC1)c1ccccc1. The molecule has 2 N–H and O–H groups in total. The molecule has 2 heterocycles. The number of piperidine rings is 1. The van der Waals surface area contributed by atoms with Crippen molar-refractivity contribution in [3.8, 4) is 0 Å². The zero-order chi connectivity index (χ0) is 17.5. The third-order valence-corrected chi connectivity index (χ3v) is 5.17. The van der Waals surface area contributed by atoms with Crippen molar-refractivity contribution in [1.29, 1.82) is 0 Å². The van der Waals surface area contributed by atoms with Crippen LogP contribution in [0, 0.1) is 5.92 Å². The van der Waals surface area contributed by atoms with Crippen molar-refractivity contribution in [2.75, 3.05) is 26.3 Å². The predicted octanol–water partition coefficient (Wildman–Crippen LogP) is 2.43. The Morgan fingerprint density at radius 2 is 1.84 bits per heavy atom. The highest BCUT2D eigenvalue weighted by Gasteiger charge is 2.29. The molecule has 0 saturated carbocycles. The molecule has 2 aliphatic heterocycles. The maximum atomic E-state index is 12.6. The fourth-order valence-electron chi connectivity index (χ4n) is 3.65. The van der Waals surface area contributed by atoms with E-state index in [4.69, 9.17) is 9.47 Å². The van der Waals surface area contributed by atoms with Crippen molar-refractivity contribution in [3.63, 3.8) is 0 Å². The molecule has 1 amide bonds. The molecule has 0 aromatic heterocycles. The monoisotopic (exact) mass is 346 g/mol. The predicted molar refractivity (Wildman–Crippen MR) is 97.3 cm³/mol. The van der Waals surface area contributed by atoms with Gasteiger partial charge in [-0.15, -0.1) is 0 Å². The van der Waals surface area contributed by atoms with Gasteiger partial charge in [0.25, 0.3) is 0 Å². The number of hydrogen-bond acceptors (Lipinski definition) is 4. The van der Waals surface area contributed by atoms with Crippen LogP contribution < -0.4 is 10.6 Å². The molecule has 2 saturated heterocycles. The number of benzene rings is 1. The van der Waals surface area contributed by atoms with Crippen molar-refractivity contribution in [1.82, 2.24) is 10.6 Å². The summed E-state index contributed by atoms with van der Waals surface area (Å²) < 4.78 is 11.9. The smallest absolute Gasteiger partial charge is 0.223 e. The minimum Gasteiger partial charge on any atom is -0.381 e. The van der Waals surface area contributed by atoms with Gasteiger partial charge in [-0.25, -0.2) is 0 Å². The topological polar surface area (TPSA) is 59.6 Å². The number of nitrogens with one attached hydrogen (secondary N) is 2. The first-order valence-corrected chi connectivity index (χ1v) is 9.53. The largest absolute Gasteiger partial charge is 0.381 e. The number of carbonyl (C=O) groups excluding carboxylic acids is 1. The van der Waals surface area contributed by atoms with Crippen LogP contribution >= 0.6 is 0 Å². The van der Waals surface area contributed by atoms with Gasteiger partial charge >= 0.3 is 0 Å². The summed E-state index contributed by atoms with van der Waals surface area (Å²) in [5.41, 5.74) is 1.12. The van der Waals surface area contributed by atoms with Gasteiger partial charge in [-0.2, -0.15) is 0 Å². The van der Waals surface area contributed by atoms with E-state index in [-0.39, 0.29) is 30.1 Å². The van der Waals surface area contributed by atoms with E-state index in [1.165, 1.54) is 0 Å². The lowest BCUT2D eigenvalue weighted by Gasteiger charge is -2.33. The van der Waals surface area contributed by atoms with Crippen molar-refractivity contribution in [3.05, 3.63) is 35.9 Å². The van der Waals surface area contributed by atoms with Gasteiger partial charge in [0.2, 0.25) is 5.91 Å². The van der Waals surface area contributed by atoms with Crippen LogP contribution in [0.5, 0.6) is 0 Å². The van der Waals surface area contributed by atoms with Gasteiger partial charge in [-0.3, -0.25) is 4.79 Å². The minimum absolute atomic E-state index is 0.0624. The van der Waals surface area contributed by atoms with E-state index in [2.05, 4.69) is 29.7 Å². The minimum atomic E-state index is -0.130. The molecule has 3 rings (SSSR count). The summed E-state index contributed by atoms with van der Waals surface area (Å²) in [6.07, 6.45) is 3.72. The fraction of sp³-hybridized carbons (Fsp3) is 0.650. The van der Waals surface area contributed by atoms with Crippen molar-refractivity contribution >= 4 is 5.91 Å². The normalized spacial score (nSPS) is 22.3. The van der Waals surface area contributed by atoms with Crippen LogP contribution in [-0.2, 0) is 14.3 Å². The summed E-state index contributed by atoms with van der Waals surface area (Å²) >= 11 is 0. The van der Waals surface area contributed by atoms with Gasteiger partial charge < -0.3 is 20.1 Å². The van der Waals surface area contributed by atoms with Gasteiger partial charge in [0.05, 0.1) is 12.1 Å². The van der Waals surface area contributed by atoms with E-state index in [1.807, 2.05) is 18.2 Å². The van der Waals surface area contributed by atoms with Crippen molar-refractivity contribution in [2.24, 2.45) is 5.92 Å². The molecule has 0 spiro atoms. The summed E-state index contributed by atoms with van der Waals surface area (Å²) in [5.74, 6) is 0.272. The molecule has 5 nitrogen and oxygen atoms in total. The summed E-state index contributed by atoms with van der Waals surface area (Å²) in [5, 5.41) is 6.52. The Labute approximate surface area is 150 Å². The zero-order valence-electron chi connectivity index (χ0n) is 15.1. The Balaban J connectivity index is 1.65. The Morgan fingerprint density at radius 1 is 1.16 bits per heavy atom. The summed E-state index contributed by atoms with van der Waals surface area (Å²) in [4.78, 5) is 12.6. The molecule has 0 radical (unpaired) electrons. The van der Waals surface area contributed by atoms with Crippen LogP contribution in [0.4, 0.5) is 0 Å². The van der Waals surface area contributed by atoms with Crippen LogP contribution in [0.2, 0.25) is 0 Å². The highest BCUT2D eigenvalue weighted by Crippen LogP contribution is 2.27. The number of hydrogen-bond donors (Lipinski definition) is 2. The average Bonchev–Trinajstić information content (AvgIpc) is 2.68. The van der Waals surface area contributed by atoms with Crippen LogP contribution in [0.1, 0.15) is 44.3 Å². The first-order chi connectivity index (χ1) is 12.2. The quantitative estimate of drug-likeness (QED) is 0.831. The Bertz CT molecular complexity index is 525. The highest BCUT2D eigenvalue weighted by molar-refractivity contribution is 5.79. The lowest BCUT2D eigenvalue weighted by Crippen LogP contribution is -2.45. The molecule has 25 heavy (non-hydrogen) atoms. The molecule has 0 aliphatic carbocycles. The third kappa shape index (κ3) is 5.27. The van der Waals surface area contributed by atoms with Gasteiger partial charge in [-0.1, -0.05) is 30.3 Å². The van der Waals surface area contributed by atoms with Gasteiger partial charge in [0, 0.05) is 19.1 Å². The molecule has 1 aromatic rings. The standard InChI is InChI=1S/C20H30N2O3/c1-15(22-20(23)17-7-11-21-12-8-17)19(16-5-3-2-4-6-16)25-18-9-13-24-14-10-18/h2-6,15,17-19,21H,7-14H2,1H3,(H,22,23)/t15-,19-/m1/s1. The average molecular weight is 346 g/mol. The van der Waals surface area contributed by atoms with Crippen LogP contribution in [0.25, 0.3) is 0 Å². The van der Waals surface area contributed by atoms with Gasteiger partial charge in [-0.05, 0) is 51.3 Å². The molecular weight excluding hydrogens is 316 g/mol. The molecule has 138 valence electrons. The fourth-order valence-corrected chi connectivity index (χ4v) is 3.65. The second-order valence-corrected chi connectivity index (χ2v) is 7.10. The number of amides is 1. The molecule has 0 bridgehead atoms. The Kier molecular flexibility index (Phi) is 6.84. The molecule has 1 aromatic carbocycles. The van der Waals surface area contributed by atoms with E-state index in [0.717, 1.165) is 57.6 Å². The number of ether oxygens (including phenoxy) is 2. The maximum Gasteiger partial charge on any atom is 0.223 e. The summed E-state index contributed by atoms with van der Waals surface area (Å²) in [7, 11) is 0. The highest BCUT2D eigenvalue weighted by atomic mass is 16.5. The first-order valence-electron chi connectivity index (χ1n) is 9.53. The maximum absolute atomic E-state index is 12.6. The molecule has 2 atom stereocenters. The Hall–Kier alpha value is -1.43. The van der Waals surface area contributed by atoms with E-state index in [0.29, 0.717) is 0 Å². The second-order valence-electron chi connectivity index (χ2n) is 7.10. The second kappa shape index (κ2) is 9.32. The van der Waals surface area contributed by atoms with Crippen LogP contribution in [0.3, 0.4) is 0 Å². The van der Waals surface area contributed by atoms with E-state index in [1.54, 1.807) is 0 Å². The molecular formula is C20H30N2O3. The van der Waals surface area contributed by atoms with Crippen molar-refractivity contribution in [2.45, 2.75) is 50.9 Å². The molecule has 0 unspecified atom stereocenters. The zero-order valence-corrected chi connectivity index (χ0v) is 15.1. The Morgan fingerprint density at radius 3 is 2.52 bits per heavy atom. The van der Waals surface area contributed by atoms with Gasteiger partial charge in [0.15, 0.2) is 0 Å². The van der Waals surface area contributed by atoms with Crippen LogP contribution in [-0.4, -0.2) is 44.4 Å². The lowest BCUT2D eigenvalue weighted by molar-refractivity contribution is -0.129. The van der Waals surface area contributed by atoms with E-state index in [9.17, 15) is 4.79 Å². The molecule has 2 fully saturated rings.